The normalized spacial score (nSPS) is 14.2. The quantitative estimate of drug-likeness (QED) is 0.794. The number of hydrogen-bond donors (Lipinski definition) is 2. The molecule has 1 amide bonds. The van der Waals surface area contributed by atoms with Gasteiger partial charge in [-0.15, -0.1) is 0 Å². The van der Waals surface area contributed by atoms with E-state index in [0.29, 0.717) is 5.56 Å². The van der Waals surface area contributed by atoms with Gasteiger partial charge in [-0.25, -0.2) is 0 Å². The number of carboxylic acids is 1. The summed E-state index contributed by atoms with van der Waals surface area (Å²) in [5, 5.41) is 8.67. The van der Waals surface area contributed by atoms with E-state index in [1.807, 2.05) is 0 Å². The minimum absolute atomic E-state index is 0.0779. The Labute approximate surface area is 103 Å². The number of aliphatic carboxylic acids is 1. The highest BCUT2D eigenvalue weighted by molar-refractivity contribution is 5.94. The largest absolute Gasteiger partial charge is 0.481 e. The molecule has 0 unspecified atom stereocenters. The summed E-state index contributed by atoms with van der Waals surface area (Å²) in [6.45, 7) is 0.186. The molecular weight excluding hydrogens is 236 g/mol. The summed E-state index contributed by atoms with van der Waals surface area (Å²) in [6, 6.07) is 2.88. The molecule has 0 bridgehead atoms. The van der Waals surface area contributed by atoms with Crippen LogP contribution in [0.2, 0.25) is 0 Å². The zero-order chi connectivity index (χ0) is 13.1. The first-order chi connectivity index (χ1) is 8.58. The van der Waals surface area contributed by atoms with Crippen LogP contribution >= 0.6 is 0 Å². The molecule has 18 heavy (non-hydrogen) atoms. The number of amides is 1. The monoisotopic (exact) mass is 250 g/mol. The number of nitrogens with one attached hydrogen (secondary N) is 1. The van der Waals surface area contributed by atoms with E-state index in [1.54, 1.807) is 4.90 Å². The Morgan fingerprint density at radius 3 is 2.72 bits per heavy atom. The summed E-state index contributed by atoms with van der Waals surface area (Å²) >= 11 is 0. The molecule has 2 N–H and O–H groups in total. The fourth-order valence-electron chi connectivity index (χ4n) is 1.80. The van der Waals surface area contributed by atoms with Crippen LogP contribution in [0.5, 0.6) is 0 Å². The highest BCUT2D eigenvalue weighted by atomic mass is 16.4. The summed E-state index contributed by atoms with van der Waals surface area (Å²) in [6.07, 6.45) is 3.13. The van der Waals surface area contributed by atoms with Crippen LogP contribution in [0.15, 0.2) is 23.1 Å². The molecule has 6 heteroatoms. The van der Waals surface area contributed by atoms with E-state index in [1.165, 1.54) is 18.3 Å². The van der Waals surface area contributed by atoms with Gasteiger partial charge in [0.05, 0.1) is 6.42 Å². The minimum atomic E-state index is -0.931. The maximum absolute atomic E-state index is 12.2. The fourth-order valence-corrected chi connectivity index (χ4v) is 1.80. The number of aromatic nitrogens is 1. The van der Waals surface area contributed by atoms with Gasteiger partial charge in [-0.05, 0) is 18.9 Å². The van der Waals surface area contributed by atoms with Crippen molar-refractivity contribution in [2.75, 3.05) is 6.54 Å². The number of pyridine rings is 1. The van der Waals surface area contributed by atoms with Crippen LogP contribution in [0.4, 0.5) is 0 Å². The third-order valence-corrected chi connectivity index (χ3v) is 2.84. The van der Waals surface area contributed by atoms with E-state index in [2.05, 4.69) is 4.98 Å². The van der Waals surface area contributed by atoms with Gasteiger partial charge in [0.2, 0.25) is 5.56 Å². The Morgan fingerprint density at radius 2 is 2.17 bits per heavy atom. The molecule has 1 saturated carbocycles. The van der Waals surface area contributed by atoms with Crippen molar-refractivity contribution in [3.63, 3.8) is 0 Å². The number of nitrogens with zero attached hydrogens (tertiary/aromatic N) is 1. The molecule has 6 nitrogen and oxygen atoms in total. The van der Waals surface area contributed by atoms with Crippen LogP contribution in [-0.4, -0.2) is 39.5 Å². The zero-order valence-corrected chi connectivity index (χ0v) is 9.76. The van der Waals surface area contributed by atoms with Crippen LogP contribution in [-0.2, 0) is 4.79 Å². The summed E-state index contributed by atoms with van der Waals surface area (Å²) in [5.41, 5.74) is -0.0362. The van der Waals surface area contributed by atoms with Crippen LogP contribution in [0.1, 0.15) is 29.6 Å². The van der Waals surface area contributed by atoms with Gasteiger partial charge in [0.25, 0.3) is 5.91 Å². The smallest absolute Gasteiger partial charge is 0.305 e. The van der Waals surface area contributed by atoms with Crippen molar-refractivity contribution in [3.8, 4) is 0 Å². The molecule has 0 aliphatic heterocycles. The molecule has 96 valence electrons. The maximum Gasteiger partial charge on any atom is 0.305 e. The molecule has 0 saturated heterocycles. The number of aromatic amines is 1. The molecule has 1 fully saturated rings. The Kier molecular flexibility index (Phi) is 3.45. The summed E-state index contributed by atoms with van der Waals surface area (Å²) in [7, 11) is 0. The maximum atomic E-state index is 12.2. The van der Waals surface area contributed by atoms with E-state index < -0.39 is 5.97 Å². The van der Waals surface area contributed by atoms with Crippen molar-refractivity contribution < 1.29 is 14.7 Å². The average Bonchev–Trinajstić information content (AvgIpc) is 3.13. The standard InChI is InChI=1S/C12H14N2O4/c15-10-7-8(3-5-13-10)12(18)14(9-1-2-9)6-4-11(16)17/h3,5,7,9H,1-2,4,6H2,(H,13,15)(H,16,17). The molecule has 0 radical (unpaired) electrons. The second-order valence-electron chi connectivity index (χ2n) is 4.32. The number of carbonyl (C=O) groups excluding carboxylic acids is 1. The Hall–Kier alpha value is -2.11. The first kappa shape index (κ1) is 12.3. The average molecular weight is 250 g/mol. The summed E-state index contributed by atoms with van der Waals surface area (Å²) < 4.78 is 0. The van der Waals surface area contributed by atoms with Gasteiger partial charge in [0.15, 0.2) is 0 Å². The van der Waals surface area contributed by atoms with Crippen LogP contribution in [0.25, 0.3) is 0 Å². The topological polar surface area (TPSA) is 90.5 Å². The van der Waals surface area contributed by atoms with E-state index in [4.69, 9.17) is 5.11 Å². The highest BCUT2D eigenvalue weighted by Crippen LogP contribution is 2.28. The zero-order valence-electron chi connectivity index (χ0n) is 9.76. The van der Waals surface area contributed by atoms with Gasteiger partial charge >= 0.3 is 5.97 Å². The molecule has 1 heterocycles. The molecule has 0 aromatic carbocycles. The van der Waals surface area contributed by atoms with E-state index >= 15 is 0 Å². The lowest BCUT2D eigenvalue weighted by atomic mass is 10.2. The van der Waals surface area contributed by atoms with E-state index in [0.717, 1.165) is 12.8 Å². The fraction of sp³-hybridized carbons (Fsp3) is 0.417. The SMILES string of the molecule is O=C(O)CCN(C(=O)c1cc[nH]c(=O)c1)C1CC1. The minimum Gasteiger partial charge on any atom is -0.481 e. The number of carbonyl (C=O) groups is 2. The molecular formula is C12H14N2O4. The van der Waals surface area contributed by atoms with Gasteiger partial charge in [-0.3, -0.25) is 14.4 Å². The molecule has 0 spiro atoms. The predicted octanol–water partition coefficient (Wildman–Crippen LogP) is 0.454. The lowest BCUT2D eigenvalue weighted by Gasteiger charge is -2.21. The Bertz CT molecular complexity index is 519. The lowest BCUT2D eigenvalue weighted by molar-refractivity contribution is -0.137. The predicted molar refractivity (Wildman–Crippen MR) is 63.4 cm³/mol. The van der Waals surface area contributed by atoms with E-state index in [-0.39, 0.29) is 30.5 Å². The number of H-pyrrole nitrogens is 1. The lowest BCUT2D eigenvalue weighted by Crippen LogP contribution is -2.35. The van der Waals surface area contributed by atoms with Crippen molar-refractivity contribution in [2.24, 2.45) is 0 Å². The van der Waals surface area contributed by atoms with Crippen LogP contribution in [0.3, 0.4) is 0 Å². The van der Waals surface area contributed by atoms with Crippen molar-refractivity contribution in [1.29, 1.82) is 0 Å². The van der Waals surface area contributed by atoms with Crippen molar-refractivity contribution >= 4 is 11.9 Å². The molecule has 1 aromatic heterocycles. The van der Waals surface area contributed by atoms with Gasteiger partial charge in [-0.1, -0.05) is 0 Å². The Morgan fingerprint density at radius 1 is 1.44 bits per heavy atom. The van der Waals surface area contributed by atoms with Crippen LogP contribution < -0.4 is 5.56 Å². The first-order valence-corrected chi connectivity index (χ1v) is 5.79. The summed E-state index contributed by atoms with van der Waals surface area (Å²) in [5.74, 6) is -1.20. The molecule has 1 aliphatic rings. The van der Waals surface area contributed by atoms with Gasteiger partial charge in [0.1, 0.15) is 0 Å². The van der Waals surface area contributed by atoms with Gasteiger partial charge in [0, 0.05) is 30.4 Å². The van der Waals surface area contributed by atoms with Crippen molar-refractivity contribution in [3.05, 3.63) is 34.2 Å². The molecule has 0 atom stereocenters. The number of hydrogen-bond acceptors (Lipinski definition) is 3. The van der Waals surface area contributed by atoms with Gasteiger partial charge in [-0.2, -0.15) is 0 Å². The molecule has 1 aliphatic carbocycles. The molecule has 1 aromatic rings. The number of rotatable bonds is 5. The number of carboxylic acid groups (broad SMARTS) is 1. The highest BCUT2D eigenvalue weighted by Gasteiger charge is 2.33. The van der Waals surface area contributed by atoms with Gasteiger partial charge < -0.3 is 15.0 Å². The first-order valence-electron chi connectivity index (χ1n) is 5.79. The summed E-state index contributed by atoms with van der Waals surface area (Å²) in [4.78, 5) is 37.9. The van der Waals surface area contributed by atoms with E-state index in [9.17, 15) is 14.4 Å². The third-order valence-electron chi connectivity index (χ3n) is 2.84. The second-order valence-corrected chi connectivity index (χ2v) is 4.32. The van der Waals surface area contributed by atoms with Crippen LogP contribution in [0, 0.1) is 0 Å². The third kappa shape index (κ3) is 2.97. The van der Waals surface area contributed by atoms with Crippen molar-refractivity contribution in [1.82, 2.24) is 9.88 Å². The Balaban J connectivity index is 2.12. The second kappa shape index (κ2) is 5.03. The van der Waals surface area contributed by atoms with Crippen molar-refractivity contribution in [2.45, 2.75) is 25.3 Å². The molecule has 2 rings (SSSR count).